The second-order valence-corrected chi connectivity index (χ2v) is 5.70. The Balaban J connectivity index is 2.82. The van der Waals surface area contributed by atoms with Crippen molar-refractivity contribution in [2.45, 2.75) is 20.8 Å². The van der Waals surface area contributed by atoms with E-state index in [0.29, 0.717) is 5.75 Å². The maximum Gasteiger partial charge on any atom is 0.530 e. The van der Waals surface area contributed by atoms with E-state index in [2.05, 4.69) is 0 Å². The minimum atomic E-state index is -3.58. The summed E-state index contributed by atoms with van der Waals surface area (Å²) in [7, 11) is -3.58. The van der Waals surface area contributed by atoms with Crippen molar-refractivity contribution in [2.24, 2.45) is 0 Å². The number of phosphoric ester groups is 1. The van der Waals surface area contributed by atoms with Crippen molar-refractivity contribution >= 4 is 19.4 Å². The van der Waals surface area contributed by atoms with Crippen molar-refractivity contribution in [2.75, 3.05) is 19.1 Å². The van der Waals surface area contributed by atoms with Crippen LogP contribution in [0.5, 0.6) is 5.75 Å². The van der Waals surface area contributed by atoms with E-state index < -0.39 is 7.82 Å². The van der Waals surface area contributed by atoms with Gasteiger partial charge in [0.05, 0.1) is 13.2 Å². The minimum absolute atomic E-state index is 0.115. The zero-order valence-electron chi connectivity index (χ0n) is 10.8. The van der Waals surface area contributed by atoms with Crippen LogP contribution >= 0.6 is 19.4 Å². The molecule has 0 aromatic heterocycles. The van der Waals surface area contributed by atoms with Gasteiger partial charge in [-0.1, -0.05) is 6.07 Å². The molecule has 0 N–H and O–H groups in total. The van der Waals surface area contributed by atoms with Crippen molar-refractivity contribution in [3.8, 4) is 5.75 Å². The van der Waals surface area contributed by atoms with Gasteiger partial charge in [0.25, 0.3) is 0 Å². The lowest BCUT2D eigenvalue weighted by Crippen LogP contribution is -2.04. The van der Waals surface area contributed by atoms with Crippen molar-refractivity contribution < 1.29 is 18.1 Å². The number of hydrogen-bond donors (Lipinski definition) is 0. The van der Waals surface area contributed by atoms with Crippen LogP contribution in [0.15, 0.2) is 18.2 Å². The van der Waals surface area contributed by atoms with E-state index in [1.165, 1.54) is 0 Å². The maximum atomic E-state index is 12.2. The zero-order chi connectivity index (χ0) is 13.6. The van der Waals surface area contributed by atoms with E-state index in [1.807, 2.05) is 19.9 Å². The minimum Gasteiger partial charge on any atom is -0.404 e. The molecule has 1 unspecified atom stereocenters. The fourth-order valence-electron chi connectivity index (χ4n) is 1.29. The fourth-order valence-corrected chi connectivity index (χ4v) is 2.66. The molecule has 4 nitrogen and oxygen atoms in total. The number of benzene rings is 1. The molecule has 0 heterocycles. The third-order valence-corrected chi connectivity index (χ3v) is 3.97. The molecule has 1 aromatic carbocycles. The lowest BCUT2D eigenvalue weighted by atomic mass is 10.1. The lowest BCUT2D eigenvalue weighted by molar-refractivity contribution is 0.168. The van der Waals surface area contributed by atoms with Gasteiger partial charge >= 0.3 is 7.82 Å². The summed E-state index contributed by atoms with van der Waals surface area (Å²) in [5.74, 6) is 0.692. The number of halogens is 1. The Morgan fingerprint density at radius 2 is 1.94 bits per heavy atom. The van der Waals surface area contributed by atoms with E-state index in [4.69, 9.17) is 25.2 Å². The van der Waals surface area contributed by atoms with Crippen molar-refractivity contribution in [1.29, 1.82) is 0 Å². The molecule has 18 heavy (non-hydrogen) atoms. The fraction of sp³-hybridized carbons (Fsp3) is 0.500. The van der Waals surface area contributed by atoms with Crippen LogP contribution < -0.4 is 4.52 Å². The highest BCUT2D eigenvalue weighted by atomic mass is 35.5. The molecule has 1 aromatic rings. The molecule has 0 saturated carbocycles. The highest BCUT2D eigenvalue weighted by Gasteiger charge is 2.27. The summed E-state index contributed by atoms with van der Waals surface area (Å²) in [6.45, 7) is 6.02. The standard InChI is InChI=1S/C12H18ClO4P/c1-4-15-18(14,16-8-7-13)17-12-6-5-10(2)11(3)9-12/h5-6,9H,4,7-8H2,1-3H3. The van der Waals surface area contributed by atoms with Crippen LogP contribution in [0.1, 0.15) is 18.1 Å². The highest BCUT2D eigenvalue weighted by Crippen LogP contribution is 2.49. The van der Waals surface area contributed by atoms with Crippen molar-refractivity contribution in [3.63, 3.8) is 0 Å². The number of rotatable bonds is 7. The first kappa shape index (κ1) is 15.5. The Morgan fingerprint density at radius 3 is 2.50 bits per heavy atom. The molecule has 6 heteroatoms. The molecule has 0 aliphatic carbocycles. The van der Waals surface area contributed by atoms with Crippen LogP contribution in [0.25, 0.3) is 0 Å². The van der Waals surface area contributed by atoms with Gasteiger partial charge in [0.2, 0.25) is 0 Å². The number of aryl methyl sites for hydroxylation is 2. The smallest absolute Gasteiger partial charge is 0.404 e. The zero-order valence-corrected chi connectivity index (χ0v) is 12.5. The average Bonchev–Trinajstić information content (AvgIpc) is 2.32. The molecular formula is C12H18ClO4P. The quantitative estimate of drug-likeness (QED) is 0.561. The van der Waals surface area contributed by atoms with Crippen LogP contribution in [0.4, 0.5) is 0 Å². The molecule has 1 atom stereocenters. The summed E-state index contributed by atoms with van der Waals surface area (Å²) in [6.07, 6.45) is 0. The van der Waals surface area contributed by atoms with Gasteiger partial charge < -0.3 is 4.52 Å². The largest absolute Gasteiger partial charge is 0.530 e. The molecule has 0 spiro atoms. The molecule has 1 rings (SSSR count). The Hall–Kier alpha value is -0.540. The summed E-state index contributed by atoms with van der Waals surface area (Å²) < 4.78 is 27.7. The highest BCUT2D eigenvalue weighted by molar-refractivity contribution is 7.48. The van der Waals surface area contributed by atoms with Gasteiger partial charge in [0.15, 0.2) is 0 Å². The summed E-state index contributed by atoms with van der Waals surface area (Å²) in [5.41, 5.74) is 2.18. The van der Waals surface area contributed by atoms with E-state index in [9.17, 15) is 4.57 Å². The SMILES string of the molecule is CCOP(=O)(OCCCl)Oc1ccc(C)c(C)c1. The molecule has 0 aliphatic rings. The van der Waals surface area contributed by atoms with Gasteiger partial charge in [-0.3, -0.25) is 9.05 Å². The number of hydrogen-bond acceptors (Lipinski definition) is 4. The second kappa shape index (κ2) is 7.15. The van der Waals surface area contributed by atoms with Gasteiger partial charge in [0.1, 0.15) is 5.75 Å². The lowest BCUT2D eigenvalue weighted by Gasteiger charge is -2.17. The predicted octanol–water partition coefficient (Wildman–Crippen LogP) is 4.08. The third kappa shape index (κ3) is 4.62. The van der Waals surface area contributed by atoms with Crippen molar-refractivity contribution in [1.82, 2.24) is 0 Å². The normalized spacial score (nSPS) is 14.2. The maximum absolute atomic E-state index is 12.2. The van der Waals surface area contributed by atoms with Crippen molar-refractivity contribution in [3.05, 3.63) is 29.3 Å². The van der Waals surface area contributed by atoms with Gasteiger partial charge in [0, 0.05) is 5.88 Å². The number of alkyl halides is 1. The molecule has 0 fully saturated rings. The molecule has 102 valence electrons. The van der Waals surface area contributed by atoms with E-state index in [0.717, 1.165) is 11.1 Å². The van der Waals surface area contributed by atoms with Crippen LogP contribution in [0, 0.1) is 13.8 Å². The molecular weight excluding hydrogens is 275 g/mol. The van der Waals surface area contributed by atoms with Gasteiger partial charge in [-0.25, -0.2) is 4.57 Å². The van der Waals surface area contributed by atoms with E-state index >= 15 is 0 Å². The first-order valence-electron chi connectivity index (χ1n) is 5.72. The van der Waals surface area contributed by atoms with Crippen LogP contribution in [0.3, 0.4) is 0 Å². The molecule has 0 saturated heterocycles. The topological polar surface area (TPSA) is 44.8 Å². The van der Waals surface area contributed by atoms with Crippen LogP contribution in [0.2, 0.25) is 0 Å². The molecule has 0 radical (unpaired) electrons. The number of phosphoric acid groups is 1. The summed E-state index contributed by atoms with van der Waals surface area (Å²) in [6, 6.07) is 5.42. The van der Waals surface area contributed by atoms with E-state index in [-0.39, 0.29) is 19.1 Å². The van der Waals surface area contributed by atoms with Gasteiger partial charge in [-0.05, 0) is 44.0 Å². The van der Waals surface area contributed by atoms with E-state index in [1.54, 1.807) is 19.1 Å². The van der Waals surface area contributed by atoms with Gasteiger partial charge in [-0.2, -0.15) is 0 Å². The van der Waals surface area contributed by atoms with Crippen LogP contribution in [-0.4, -0.2) is 19.1 Å². The molecule has 0 aliphatic heterocycles. The predicted molar refractivity (Wildman–Crippen MR) is 72.4 cm³/mol. The monoisotopic (exact) mass is 292 g/mol. The Bertz CT molecular complexity index is 436. The Morgan fingerprint density at radius 1 is 1.22 bits per heavy atom. The second-order valence-electron chi connectivity index (χ2n) is 3.72. The average molecular weight is 293 g/mol. The van der Waals surface area contributed by atoms with Crippen LogP contribution in [-0.2, 0) is 13.6 Å². The molecule has 0 bridgehead atoms. The third-order valence-electron chi connectivity index (χ3n) is 2.31. The first-order valence-corrected chi connectivity index (χ1v) is 7.72. The summed E-state index contributed by atoms with van der Waals surface area (Å²) in [4.78, 5) is 0. The summed E-state index contributed by atoms with van der Waals surface area (Å²) in [5, 5.41) is 0. The molecule has 0 amide bonds. The first-order chi connectivity index (χ1) is 8.50. The Labute approximate surface area is 113 Å². The van der Waals surface area contributed by atoms with Gasteiger partial charge in [-0.15, -0.1) is 11.6 Å². The Kier molecular flexibility index (Phi) is 6.16. The summed E-state index contributed by atoms with van der Waals surface area (Å²) >= 11 is 5.50.